The number of hydrogen-bond acceptors (Lipinski definition) is 6. The van der Waals surface area contributed by atoms with Crippen LogP contribution in [0.1, 0.15) is 24.7 Å². The van der Waals surface area contributed by atoms with Crippen LogP contribution in [0.2, 0.25) is 0 Å². The predicted molar refractivity (Wildman–Crippen MR) is 61.8 cm³/mol. The minimum Gasteiger partial charge on any atom is -0.391 e. The Hall–Kier alpha value is -0.750. The van der Waals surface area contributed by atoms with Gasteiger partial charge in [-0.15, -0.1) is 0 Å². The van der Waals surface area contributed by atoms with Crippen molar-refractivity contribution in [3.8, 4) is 0 Å². The van der Waals surface area contributed by atoms with Gasteiger partial charge >= 0.3 is 0 Å². The van der Waals surface area contributed by atoms with Crippen molar-refractivity contribution in [3.05, 3.63) is 5.89 Å². The van der Waals surface area contributed by atoms with Crippen molar-refractivity contribution in [1.82, 2.24) is 10.1 Å². The van der Waals surface area contributed by atoms with Gasteiger partial charge in [-0.3, -0.25) is 0 Å². The summed E-state index contributed by atoms with van der Waals surface area (Å²) in [6.07, 6.45) is 2.06. The molecule has 2 aliphatic rings. The van der Waals surface area contributed by atoms with E-state index in [0.29, 0.717) is 11.8 Å². The predicted octanol–water partition coefficient (Wildman–Crippen LogP) is 0.861. The molecule has 2 aliphatic heterocycles. The highest BCUT2D eigenvalue weighted by molar-refractivity contribution is 7.99. The summed E-state index contributed by atoms with van der Waals surface area (Å²) in [6.45, 7) is 2.03. The van der Waals surface area contributed by atoms with Gasteiger partial charge in [0.15, 0.2) is 0 Å². The third-order valence-corrected chi connectivity index (χ3v) is 4.36. The van der Waals surface area contributed by atoms with Gasteiger partial charge in [0, 0.05) is 24.6 Å². The van der Waals surface area contributed by atoms with E-state index in [4.69, 9.17) is 4.52 Å². The fraction of sp³-hybridized carbons (Fsp3) is 0.800. The van der Waals surface area contributed by atoms with E-state index < -0.39 is 0 Å². The van der Waals surface area contributed by atoms with E-state index in [1.165, 1.54) is 12.8 Å². The molecule has 0 radical (unpaired) electrons. The summed E-state index contributed by atoms with van der Waals surface area (Å²) >= 11 is 1.74. The van der Waals surface area contributed by atoms with Crippen LogP contribution in [-0.4, -0.2) is 45.9 Å². The van der Waals surface area contributed by atoms with Gasteiger partial charge in [-0.05, 0) is 18.0 Å². The Morgan fingerprint density at radius 2 is 2.12 bits per heavy atom. The molecule has 5 nitrogen and oxygen atoms in total. The zero-order valence-corrected chi connectivity index (χ0v) is 9.82. The normalized spacial score (nSPS) is 30.2. The van der Waals surface area contributed by atoms with Crippen molar-refractivity contribution in [1.29, 1.82) is 0 Å². The summed E-state index contributed by atoms with van der Waals surface area (Å²) < 4.78 is 5.26. The first-order valence-electron chi connectivity index (χ1n) is 5.69. The largest absolute Gasteiger partial charge is 0.391 e. The van der Waals surface area contributed by atoms with Gasteiger partial charge in [-0.2, -0.15) is 16.7 Å². The maximum absolute atomic E-state index is 9.75. The fourth-order valence-corrected chi connectivity index (χ4v) is 3.43. The summed E-state index contributed by atoms with van der Waals surface area (Å²) in [5.41, 5.74) is 0. The molecule has 88 valence electrons. The van der Waals surface area contributed by atoms with Gasteiger partial charge in [-0.25, -0.2) is 0 Å². The van der Waals surface area contributed by atoms with Crippen LogP contribution in [0.15, 0.2) is 4.52 Å². The van der Waals surface area contributed by atoms with Crippen molar-refractivity contribution in [2.45, 2.75) is 24.9 Å². The van der Waals surface area contributed by atoms with Crippen molar-refractivity contribution in [3.63, 3.8) is 0 Å². The number of hydrogen-bond donors (Lipinski definition) is 1. The van der Waals surface area contributed by atoms with Crippen LogP contribution in [-0.2, 0) is 0 Å². The Balaban J connectivity index is 1.76. The zero-order chi connectivity index (χ0) is 11.0. The maximum atomic E-state index is 9.75. The Bertz CT molecular complexity index is 365. The van der Waals surface area contributed by atoms with Gasteiger partial charge in [0.25, 0.3) is 5.95 Å². The average Bonchev–Trinajstić information content (AvgIpc) is 2.96. The first-order valence-corrected chi connectivity index (χ1v) is 6.84. The first kappa shape index (κ1) is 10.4. The summed E-state index contributed by atoms with van der Waals surface area (Å²) in [5.74, 6) is 2.96. The molecule has 2 unspecified atom stereocenters. The molecule has 16 heavy (non-hydrogen) atoms. The van der Waals surface area contributed by atoms with E-state index >= 15 is 0 Å². The van der Waals surface area contributed by atoms with Crippen LogP contribution in [0.3, 0.4) is 0 Å². The standard InChI is InChI=1S/C10H15N3O2S/c14-8-6-16-5-7(8)9-11-10(12-15-9)13-3-1-2-4-13/h7-8,14H,1-6H2. The molecular weight excluding hydrogens is 226 g/mol. The summed E-state index contributed by atoms with van der Waals surface area (Å²) in [5, 5.41) is 13.8. The highest BCUT2D eigenvalue weighted by Gasteiger charge is 2.32. The lowest BCUT2D eigenvalue weighted by molar-refractivity contribution is 0.164. The van der Waals surface area contributed by atoms with Crippen molar-refractivity contribution in [2.75, 3.05) is 29.5 Å². The van der Waals surface area contributed by atoms with Crippen LogP contribution in [0.5, 0.6) is 0 Å². The Morgan fingerprint density at radius 3 is 2.81 bits per heavy atom. The van der Waals surface area contributed by atoms with Crippen LogP contribution in [0.25, 0.3) is 0 Å². The second kappa shape index (κ2) is 4.25. The van der Waals surface area contributed by atoms with Gasteiger partial charge in [0.1, 0.15) is 0 Å². The van der Waals surface area contributed by atoms with E-state index in [0.717, 1.165) is 24.6 Å². The molecule has 1 N–H and O–H groups in total. The highest BCUT2D eigenvalue weighted by Crippen LogP contribution is 2.32. The molecule has 1 aromatic rings. The summed E-state index contributed by atoms with van der Waals surface area (Å²) in [4.78, 5) is 6.54. The third-order valence-electron chi connectivity index (χ3n) is 3.19. The molecule has 3 rings (SSSR count). The molecule has 1 aromatic heterocycles. The van der Waals surface area contributed by atoms with Crippen molar-refractivity contribution in [2.24, 2.45) is 0 Å². The Morgan fingerprint density at radius 1 is 1.31 bits per heavy atom. The van der Waals surface area contributed by atoms with Crippen molar-refractivity contribution < 1.29 is 9.63 Å². The number of thioether (sulfide) groups is 1. The third kappa shape index (κ3) is 1.80. The lowest BCUT2D eigenvalue weighted by atomic mass is 10.1. The van der Waals surface area contributed by atoms with E-state index in [9.17, 15) is 5.11 Å². The van der Waals surface area contributed by atoms with Crippen LogP contribution in [0.4, 0.5) is 5.95 Å². The Kier molecular flexibility index (Phi) is 2.77. The molecule has 6 heteroatoms. The molecule has 0 saturated carbocycles. The first-order chi connectivity index (χ1) is 7.84. The average molecular weight is 241 g/mol. The molecule has 0 bridgehead atoms. The number of rotatable bonds is 2. The second-order valence-electron chi connectivity index (χ2n) is 4.34. The van der Waals surface area contributed by atoms with Crippen LogP contribution in [0, 0.1) is 0 Å². The number of anilines is 1. The second-order valence-corrected chi connectivity index (χ2v) is 5.41. The number of aliphatic hydroxyl groups excluding tert-OH is 1. The summed E-state index contributed by atoms with van der Waals surface area (Å²) in [6, 6.07) is 0. The molecule has 0 amide bonds. The maximum Gasteiger partial charge on any atom is 0.266 e. The number of aromatic nitrogens is 2. The zero-order valence-electron chi connectivity index (χ0n) is 9.00. The van der Waals surface area contributed by atoms with E-state index in [1.807, 2.05) is 0 Å². The topological polar surface area (TPSA) is 62.4 Å². The van der Waals surface area contributed by atoms with Gasteiger partial charge < -0.3 is 14.5 Å². The minimum atomic E-state index is -0.336. The molecule has 2 saturated heterocycles. The lowest BCUT2D eigenvalue weighted by Crippen LogP contribution is -2.19. The summed E-state index contributed by atoms with van der Waals surface area (Å²) in [7, 11) is 0. The van der Waals surface area contributed by atoms with E-state index in [-0.39, 0.29) is 12.0 Å². The number of nitrogens with zero attached hydrogens (tertiary/aromatic N) is 3. The van der Waals surface area contributed by atoms with Crippen molar-refractivity contribution >= 4 is 17.7 Å². The van der Waals surface area contributed by atoms with Gasteiger partial charge in [0.05, 0.1) is 12.0 Å². The number of aliphatic hydroxyl groups is 1. The molecule has 2 atom stereocenters. The SMILES string of the molecule is OC1CSCC1c1nc(N2CCCC2)no1. The minimum absolute atomic E-state index is 0.0221. The van der Waals surface area contributed by atoms with E-state index in [1.54, 1.807) is 11.8 Å². The quantitative estimate of drug-likeness (QED) is 0.828. The van der Waals surface area contributed by atoms with E-state index in [2.05, 4.69) is 15.0 Å². The molecule has 2 fully saturated rings. The molecule has 0 aromatic carbocycles. The highest BCUT2D eigenvalue weighted by atomic mass is 32.2. The monoisotopic (exact) mass is 241 g/mol. The Labute approximate surface area is 98.2 Å². The van der Waals surface area contributed by atoms with Gasteiger partial charge in [0.2, 0.25) is 5.89 Å². The van der Waals surface area contributed by atoms with Gasteiger partial charge in [-0.1, -0.05) is 0 Å². The molecule has 0 aliphatic carbocycles. The van der Waals surface area contributed by atoms with Crippen LogP contribution < -0.4 is 4.90 Å². The lowest BCUT2D eigenvalue weighted by Gasteiger charge is -2.10. The molecule has 3 heterocycles. The fourth-order valence-electron chi connectivity index (χ4n) is 2.20. The van der Waals surface area contributed by atoms with Crippen LogP contribution >= 0.6 is 11.8 Å². The smallest absolute Gasteiger partial charge is 0.266 e. The molecule has 0 spiro atoms. The molecular formula is C10H15N3O2S.